The number of rotatable bonds is 20. The average molecular weight is 1130 g/mol. The number of halogens is 1. The van der Waals surface area contributed by atoms with Crippen molar-refractivity contribution in [2.75, 3.05) is 52.1 Å². The number of carbonyl (C=O) groups is 6. The van der Waals surface area contributed by atoms with Crippen LogP contribution < -0.4 is 25.1 Å². The molecule has 0 saturated carbocycles. The molecule has 2 fully saturated rings. The van der Waals surface area contributed by atoms with E-state index < -0.39 is 99.2 Å². The Balaban J connectivity index is 1.19. The van der Waals surface area contributed by atoms with Crippen molar-refractivity contribution >= 4 is 64.8 Å². The maximum Gasteiger partial charge on any atom is 0.409 e. The minimum atomic E-state index is -1.88. The van der Waals surface area contributed by atoms with E-state index in [2.05, 4.69) is 10.6 Å². The van der Waals surface area contributed by atoms with Gasteiger partial charge < -0.3 is 63.7 Å². The predicted molar refractivity (Wildman–Crippen MR) is 292 cm³/mol. The molecule has 3 aliphatic rings. The van der Waals surface area contributed by atoms with Gasteiger partial charge in [-0.1, -0.05) is 56.2 Å². The molecule has 8 unspecified atom stereocenters. The number of aromatic nitrogens is 1. The smallest absolute Gasteiger partial charge is 0.409 e. The van der Waals surface area contributed by atoms with Crippen molar-refractivity contribution in [1.82, 2.24) is 20.3 Å². The molecule has 21 nitrogen and oxygen atoms in total. The van der Waals surface area contributed by atoms with Crippen LogP contribution in [0.15, 0.2) is 48.1 Å². The number of nitrogens with zero attached hydrogens (tertiary/aromatic N) is 3. The lowest BCUT2D eigenvalue weighted by Gasteiger charge is -2.42. The molecule has 4 amide bonds. The van der Waals surface area contributed by atoms with Gasteiger partial charge in [0.05, 0.1) is 42.1 Å². The first-order valence-electron chi connectivity index (χ1n) is 26.0. The minimum Gasteiger partial charge on any atom is -0.495 e. The van der Waals surface area contributed by atoms with Crippen molar-refractivity contribution in [2.24, 2.45) is 11.3 Å². The normalized spacial score (nSPS) is 24.4. The molecule has 4 heterocycles. The van der Waals surface area contributed by atoms with Crippen LogP contribution in [0.3, 0.4) is 0 Å². The maximum absolute atomic E-state index is 14.4. The highest BCUT2D eigenvalue weighted by Crippen LogP contribution is 2.49. The molecule has 78 heavy (non-hydrogen) atoms. The second kappa shape index (κ2) is 25.7. The second-order valence-corrected chi connectivity index (χ2v) is 24.6. The van der Waals surface area contributed by atoms with E-state index in [0.29, 0.717) is 42.0 Å². The number of ether oxygens (including phenoxy) is 6. The zero-order valence-electron chi connectivity index (χ0n) is 47.4. The van der Waals surface area contributed by atoms with Crippen LogP contribution in [0.4, 0.5) is 10.5 Å². The number of aliphatic hydroxyl groups is 1. The molecule has 8 atom stereocenters. The fourth-order valence-corrected chi connectivity index (χ4v) is 10.3. The molecule has 434 valence electrons. The van der Waals surface area contributed by atoms with Crippen LogP contribution in [-0.4, -0.2) is 160 Å². The lowest BCUT2D eigenvalue weighted by Crippen LogP contribution is -2.63. The Kier molecular flexibility index (Phi) is 20.9. The third-order valence-corrected chi connectivity index (χ3v) is 16.6. The Morgan fingerprint density at radius 3 is 2.36 bits per heavy atom. The van der Waals surface area contributed by atoms with Gasteiger partial charge >= 0.3 is 18.0 Å². The number of nitrogens with one attached hydrogen (secondary N) is 2. The van der Waals surface area contributed by atoms with E-state index in [9.17, 15) is 44.1 Å². The number of amides is 4. The third kappa shape index (κ3) is 16.1. The summed E-state index contributed by atoms with van der Waals surface area (Å²) < 4.78 is 35.7. The van der Waals surface area contributed by atoms with E-state index in [1.165, 1.54) is 61.9 Å². The van der Waals surface area contributed by atoms with Crippen LogP contribution in [0.2, 0.25) is 5.02 Å². The number of aromatic hydroxyl groups is 2. The van der Waals surface area contributed by atoms with Crippen LogP contribution in [-0.2, 0) is 54.1 Å². The average Bonchev–Trinajstić information content (AvgIpc) is 3.97. The standard InChI is InChI=1S/C55H80ClN5O16S/c1-32-16-15-17-39(72-14)55(70)30-38(74-50(69)58-55)33(2)47-54(10,76-47)40(29-45(66)60(12)36-27-35(26-32)28-37(71-13)46(36)56)75-48(67)34(3)59(11)42(63)20-21-53(8,9)78-31-41(62)57-24-22-52(6,7)73-25-23-51(4,5)49(68)77-61-43(64)18-19-44(61)65/h15-19,27-28,33-34,38-40,47,64-65,70H,20-26,29-31H2,1-14H3,(H,57,62)(H,58,69). The molecule has 5 N–H and O–H groups in total. The second-order valence-electron chi connectivity index (χ2n) is 22.5. The summed E-state index contributed by atoms with van der Waals surface area (Å²) in [5.41, 5.74) is -2.82. The molecular formula is C55H80ClN5O16S. The SMILES string of the molecule is COc1cc2cc(c1Cl)N(C)C(=O)CC(OC(=O)C(C)N(C)C(=O)CCC(C)(C)SCC(=O)NCCC(C)(C)OCCC(C)(C)C(=O)On1c(O)ccc1O)C1(C)OC1C(C)C1CC(O)(NC(=O)O1)C(OC)C=CC=C(C)C2. The van der Waals surface area contributed by atoms with Crippen molar-refractivity contribution in [1.29, 1.82) is 0 Å². The molecule has 2 aromatic rings. The van der Waals surface area contributed by atoms with Gasteiger partial charge in [0.15, 0.2) is 5.72 Å². The first kappa shape index (κ1) is 63.3. The van der Waals surface area contributed by atoms with Crippen molar-refractivity contribution < 1.29 is 77.3 Å². The Morgan fingerprint density at radius 2 is 1.72 bits per heavy atom. The fraction of sp³-hybridized carbons (Fsp3) is 0.636. The summed E-state index contributed by atoms with van der Waals surface area (Å²) in [7, 11) is 5.94. The van der Waals surface area contributed by atoms with E-state index >= 15 is 0 Å². The van der Waals surface area contributed by atoms with Gasteiger partial charge in [-0.25, -0.2) is 14.4 Å². The Bertz CT molecular complexity index is 2570. The lowest BCUT2D eigenvalue weighted by molar-refractivity contribution is -0.162. The number of thioether (sulfide) groups is 1. The summed E-state index contributed by atoms with van der Waals surface area (Å²) in [5, 5.41) is 37.1. The van der Waals surface area contributed by atoms with Gasteiger partial charge in [0.2, 0.25) is 29.5 Å². The number of likely N-dealkylation sites (N-methyl/N-ethyl adjacent to an activating group) is 1. The van der Waals surface area contributed by atoms with Crippen LogP contribution in [0.1, 0.15) is 113 Å². The number of epoxide rings is 1. The van der Waals surface area contributed by atoms with Crippen molar-refractivity contribution in [3.63, 3.8) is 0 Å². The quantitative estimate of drug-likeness (QED) is 0.0710. The Morgan fingerprint density at radius 1 is 1.05 bits per heavy atom. The molecular weight excluding hydrogens is 1050 g/mol. The topological polar surface area (TPSA) is 266 Å². The van der Waals surface area contributed by atoms with E-state index in [0.717, 1.165) is 11.1 Å². The molecule has 2 saturated heterocycles. The van der Waals surface area contributed by atoms with E-state index in [1.807, 2.05) is 40.7 Å². The van der Waals surface area contributed by atoms with Crippen LogP contribution in [0.25, 0.3) is 0 Å². The number of methoxy groups -OCH3 is 2. The maximum atomic E-state index is 14.4. The zero-order chi connectivity index (χ0) is 58.3. The number of hydrogen-bond donors (Lipinski definition) is 5. The van der Waals surface area contributed by atoms with Crippen LogP contribution in [0.5, 0.6) is 17.5 Å². The van der Waals surface area contributed by atoms with Crippen molar-refractivity contribution in [3.8, 4) is 17.5 Å². The molecule has 0 spiro atoms. The number of esters is 1. The summed E-state index contributed by atoms with van der Waals surface area (Å²) in [5.74, 6) is -3.48. The molecule has 23 heteroatoms. The number of hydrogen-bond acceptors (Lipinski definition) is 17. The molecule has 3 aliphatic heterocycles. The molecule has 1 aromatic carbocycles. The molecule has 4 bridgehead atoms. The molecule has 1 aromatic heterocycles. The van der Waals surface area contributed by atoms with Gasteiger partial charge in [-0.2, -0.15) is 0 Å². The number of alkyl carbamates (subject to hydrolysis) is 1. The molecule has 5 rings (SSSR count). The van der Waals surface area contributed by atoms with E-state index in [4.69, 9.17) is 44.9 Å². The summed E-state index contributed by atoms with van der Waals surface area (Å²) >= 11 is 8.21. The highest BCUT2D eigenvalue weighted by atomic mass is 35.5. The van der Waals surface area contributed by atoms with Gasteiger partial charge in [-0.05, 0) is 91.8 Å². The van der Waals surface area contributed by atoms with Crippen molar-refractivity contribution in [2.45, 2.75) is 166 Å². The summed E-state index contributed by atoms with van der Waals surface area (Å²) in [6, 6.07) is 4.83. The molecule has 0 radical (unpaired) electrons. The minimum absolute atomic E-state index is 0.0415. The van der Waals surface area contributed by atoms with Gasteiger partial charge in [-0.15, -0.1) is 16.5 Å². The third-order valence-electron chi connectivity index (χ3n) is 14.9. The monoisotopic (exact) mass is 1130 g/mol. The summed E-state index contributed by atoms with van der Waals surface area (Å²) in [4.78, 5) is 88.9. The number of allylic oxidation sites excluding steroid dienone is 3. The van der Waals surface area contributed by atoms with E-state index in [1.54, 1.807) is 59.0 Å². The summed E-state index contributed by atoms with van der Waals surface area (Å²) in [6.07, 6.45) is 1.61. The van der Waals surface area contributed by atoms with Crippen LogP contribution in [0, 0.1) is 11.3 Å². The number of anilines is 1. The van der Waals surface area contributed by atoms with Crippen LogP contribution >= 0.6 is 23.4 Å². The van der Waals surface area contributed by atoms with Gasteiger partial charge in [0.25, 0.3) is 0 Å². The first-order chi connectivity index (χ1) is 36.3. The molecule has 0 aliphatic carbocycles. The van der Waals surface area contributed by atoms with Crippen molar-refractivity contribution in [3.05, 3.63) is 58.7 Å². The zero-order valence-corrected chi connectivity index (χ0v) is 48.9. The first-order valence-corrected chi connectivity index (χ1v) is 27.3. The lowest BCUT2D eigenvalue weighted by atomic mass is 9.83. The Labute approximate surface area is 466 Å². The fourth-order valence-electron chi connectivity index (χ4n) is 9.15. The van der Waals surface area contributed by atoms with Gasteiger partial charge in [-0.3, -0.25) is 19.7 Å². The predicted octanol–water partition coefficient (Wildman–Crippen LogP) is 6.39. The van der Waals surface area contributed by atoms with Gasteiger partial charge in [0, 0.05) is 70.0 Å². The summed E-state index contributed by atoms with van der Waals surface area (Å²) in [6.45, 7) is 18.3. The number of benzene rings is 1. The van der Waals surface area contributed by atoms with E-state index in [-0.39, 0.29) is 54.9 Å². The largest absolute Gasteiger partial charge is 0.495 e. The number of fused-ring (bicyclic) bond motifs is 5. The van der Waals surface area contributed by atoms with Gasteiger partial charge in [0.1, 0.15) is 40.7 Å². The Hall–Kier alpha value is -5.52. The number of carbonyl (C=O) groups excluding carboxylic acids is 6. The highest BCUT2D eigenvalue weighted by Gasteiger charge is 2.64. The highest BCUT2D eigenvalue weighted by molar-refractivity contribution is 8.01.